The zero-order chi connectivity index (χ0) is 14.9. The van der Waals surface area contributed by atoms with Crippen LogP contribution < -0.4 is 4.90 Å². The number of rotatable bonds is 3. The van der Waals surface area contributed by atoms with Crippen LogP contribution in [0.15, 0.2) is 24.3 Å². The maximum atomic E-state index is 12.2. The number of hydrogen-bond acceptors (Lipinski definition) is 5. The van der Waals surface area contributed by atoms with Crippen LogP contribution in [0.1, 0.15) is 18.9 Å². The molecule has 0 bridgehead atoms. The Bertz CT molecular complexity index is 565. The maximum Gasteiger partial charge on any atom is 0.348 e. The van der Waals surface area contributed by atoms with Crippen LogP contribution >= 0.6 is 0 Å². The van der Waals surface area contributed by atoms with E-state index in [1.54, 1.807) is 31.2 Å². The van der Waals surface area contributed by atoms with Gasteiger partial charge in [-0.2, -0.15) is 0 Å². The summed E-state index contributed by atoms with van der Waals surface area (Å²) in [6, 6.07) is 6.64. The second kappa shape index (κ2) is 5.05. The van der Waals surface area contributed by atoms with Gasteiger partial charge in [0.2, 0.25) is 5.91 Å². The van der Waals surface area contributed by atoms with Gasteiger partial charge in [-0.25, -0.2) is 9.69 Å². The molecule has 1 aliphatic heterocycles. The summed E-state index contributed by atoms with van der Waals surface area (Å²) in [6.07, 6.45) is -0.599. The van der Waals surface area contributed by atoms with Gasteiger partial charge in [0.1, 0.15) is 0 Å². The maximum absolute atomic E-state index is 12.2. The molecule has 1 aromatic carbocycles. The van der Waals surface area contributed by atoms with Gasteiger partial charge in [0, 0.05) is 0 Å². The molecule has 6 nitrogen and oxygen atoms in total. The molecule has 20 heavy (non-hydrogen) atoms. The second-order valence-corrected chi connectivity index (χ2v) is 4.63. The van der Waals surface area contributed by atoms with Crippen LogP contribution in [0.3, 0.4) is 0 Å². The van der Waals surface area contributed by atoms with Crippen molar-refractivity contribution in [2.24, 2.45) is 0 Å². The Hall–Kier alpha value is -2.21. The van der Waals surface area contributed by atoms with E-state index in [-0.39, 0.29) is 6.61 Å². The van der Waals surface area contributed by atoms with Gasteiger partial charge in [-0.1, -0.05) is 17.7 Å². The number of ether oxygens (including phenoxy) is 1. The smallest absolute Gasteiger partial charge is 0.348 e. The topological polar surface area (TPSA) is 83.9 Å². The first-order chi connectivity index (χ1) is 9.40. The third-order valence-electron chi connectivity index (χ3n) is 3.12. The molecule has 1 fully saturated rings. The van der Waals surface area contributed by atoms with Crippen molar-refractivity contribution >= 4 is 23.5 Å². The van der Waals surface area contributed by atoms with Crippen molar-refractivity contribution in [2.75, 3.05) is 11.5 Å². The predicted octanol–water partition coefficient (Wildman–Crippen LogP) is 0.553. The fourth-order valence-electron chi connectivity index (χ4n) is 2.04. The molecule has 1 aliphatic rings. The molecule has 0 spiro atoms. The minimum Gasteiger partial charge on any atom is -0.463 e. The summed E-state index contributed by atoms with van der Waals surface area (Å²) in [4.78, 5) is 36.6. The lowest BCUT2D eigenvalue weighted by atomic mass is 10.0. The van der Waals surface area contributed by atoms with Crippen molar-refractivity contribution in [3.63, 3.8) is 0 Å². The van der Waals surface area contributed by atoms with E-state index >= 15 is 0 Å². The number of anilines is 1. The van der Waals surface area contributed by atoms with E-state index in [0.29, 0.717) is 5.69 Å². The molecule has 1 N–H and O–H groups in total. The summed E-state index contributed by atoms with van der Waals surface area (Å²) in [6.45, 7) is 3.44. The average molecular weight is 277 g/mol. The number of esters is 1. The minimum absolute atomic E-state index is 0.0210. The Labute approximate surface area is 115 Å². The molecule has 1 saturated heterocycles. The third-order valence-corrected chi connectivity index (χ3v) is 3.12. The zero-order valence-electron chi connectivity index (χ0n) is 11.3. The van der Waals surface area contributed by atoms with E-state index in [2.05, 4.69) is 4.74 Å². The number of imide groups is 1. The Morgan fingerprint density at radius 1 is 1.35 bits per heavy atom. The van der Waals surface area contributed by atoms with E-state index in [1.165, 1.54) is 0 Å². The molecule has 6 heteroatoms. The Morgan fingerprint density at radius 2 is 1.95 bits per heavy atom. The molecule has 1 atom stereocenters. The van der Waals surface area contributed by atoms with Gasteiger partial charge >= 0.3 is 5.97 Å². The summed E-state index contributed by atoms with van der Waals surface area (Å²) in [5, 5.41) is 10.1. The molecule has 0 saturated carbocycles. The Kier molecular flexibility index (Phi) is 3.59. The van der Waals surface area contributed by atoms with E-state index in [1.807, 2.05) is 6.92 Å². The molecule has 0 radical (unpaired) electrons. The van der Waals surface area contributed by atoms with Gasteiger partial charge in [0.05, 0.1) is 18.7 Å². The lowest BCUT2D eigenvalue weighted by Gasteiger charge is -2.19. The number of hydrogen-bond donors (Lipinski definition) is 1. The predicted molar refractivity (Wildman–Crippen MR) is 69.9 cm³/mol. The van der Waals surface area contributed by atoms with Crippen LogP contribution in [0.5, 0.6) is 0 Å². The fraction of sp³-hybridized carbons (Fsp3) is 0.357. The summed E-state index contributed by atoms with van der Waals surface area (Å²) < 4.78 is 4.66. The molecule has 2 rings (SSSR count). The highest BCUT2D eigenvalue weighted by atomic mass is 16.6. The number of nitrogens with zero attached hydrogens (tertiary/aromatic N) is 1. The second-order valence-electron chi connectivity index (χ2n) is 4.63. The lowest BCUT2D eigenvalue weighted by Crippen LogP contribution is -2.48. The normalized spacial score (nSPS) is 22.2. The van der Waals surface area contributed by atoms with Gasteiger partial charge in [-0.05, 0) is 26.0 Å². The number of carbonyl (C=O) groups is 3. The monoisotopic (exact) mass is 277 g/mol. The van der Waals surface area contributed by atoms with Gasteiger partial charge < -0.3 is 9.84 Å². The Morgan fingerprint density at radius 3 is 2.50 bits per heavy atom. The van der Waals surface area contributed by atoms with E-state index in [4.69, 9.17) is 0 Å². The highest BCUT2D eigenvalue weighted by Gasteiger charge is 2.57. The summed E-state index contributed by atoms with van der Waals surface area (Å²) in [7, 11) is 0. The minimum atomic E-state index is -2.42. The van der Waals surface area contributed by atoms with E-state index in [0.717, 1.165) is 10.5 Å². The molecule has 1 aromatic rings. The fourth-order valence-corrected chi connectivity index (χ4v) is 2.04. The first kappa shape index (κ1) is 14.2. The van der Waals surface area contributed by atoms with Crippen molar-refractivity contribution in [2.45, 2.75) is 25.9 Å². The van der Waals surface area contributed by atoms with Crippen LogP contribution in [0.4, 0.5) is 5.69 Å². The van der Waals surface area contributed by atoms with Gasteiger partial charge in [0.25, 0.3) is 11.5 Å². The summed E-state index contributed by atoms with van der Waals surface area (Å²) in [5.41, 5.74) is -1.13. The largest absolute Gasteiger partial charge is 0.463 e. The van der Waals surface area contributed by atoms with E-state index < -0.39 is 29.8 Å². The van der Waals surface area contributed by atoms with Gasteiger partial charge in [0.15, 0.2) is 0 Å². The van der Waals surface area contributed by atoms with Crippen LogP contribution in [0.25, 0.3) is 0 Å². The molecule has 1 unspecified atom stereocenters. The lowest BCUT2D eigenvalue weighted by molar-refractivity contribution is -0.168. The Balaban J connectivity index is 2.34. The highest BCUT2D eigenvalue weighted by molar-refractivity contribution is 6.30. The van der Waals surface area contributed by atoms with Crippen molar-refractivity contribution in [3.05, 3.63) is 29.8 Å². The van der Waals surface area contributed by atoms with E-state index in [9.17, 15) is 19.5 Å². The number of aliphatic hydroxyl groups is 1. The number of aryl methyl sites for hydroxylation is 1. The van der Waals surface area contributed by atoms with Crippen molar-refractivity contribution in [3.8, 4) is 0 Å². The average Bonchev–Trinajstić information content (AvgIpc) is 2.63. The van der Waals surface area contributed by atoms with Crippen LogP contribution in [0, 0.1) is 6.92 Å². The SMILES string of the molecule is CCOC(=O)C1(O)CC(=O)N(c2ccc(C)cc2)C1=O. The molecular formula is C14H15NO5. The molecule has 1 heterocycles. The molecule has 106 valence electrons. The number of benzene rings is 1. The highest BCUT2D eigenvalue weighted by Crippen LogP contribution is 2.30. The molecular weight excluding hydrogens is 262 g/mol. The standard InChI is InChI=1S/C14H15NO5/c1-3-20-13(18)14(19)8-11(16)15(12(14)17)10-6-4-9(2)5-7-10/h4-7,19H,3,8H2,1-2H3. The van der Waals surface area contributed by atoms with Crippen molar-refractivity contribution in [1.29, 1.82) is 0 Å². The molecule has 0 aromatic heterocycles. The first-order valence-corrected chi connectivity index (χ1v) is 6.24. The zero-order valence-corrected chi connectivity index (χ0v) is 11.3. The van der Waals surface area contributed by atoms with Gasteiger partial charge in [-0.15, -0.1) is 0 Å². The van der Waals surface area contributed by atoms with Gasteiger partial charge in [-0.3, -0.25) is 9.59 Å². The first-order valence-electron chi connectivity index (χ1n) is 6.24. The number of amides is 2. The van der Waals surface area contributed by atoms with Crippen molar-refractivity contribution in [1.82, 2.24) is 0 Å². The summed E-state index contributed by atoms with van der Waals surface area (Å²) >= 11 is 0. The van der Waals surface area contributed by atoms with Crippen LogP contribution in [-0.2, 0) is 19.1 Å². The molecule has 2 amide bonds. The van der Waals surface area contributed by atoms with Crippen LogP contribution in [0.2, 0.25) is 0 Å². The van der Waals surface area contributed by atoms with Crippen LogP contribution in [-0.4, -0.2) is 35.1 Å². The quantitative estimate of drug-likeness (QED) is 0.495. The summed E-state index contributed by atoms with van der Waals surface area (Å²) in [5.74, 6) is -2.69. The molecule has 0 aliphatic carbocycles. The van der Waals surface area contributed by atoms with Crippen molar-refractivity contribution < 1.29 is 24.2 Å². The number of carbonyl (C=O) groups excluding carboxylic acids is 3. The third kappa shape index (κ3) is 2.18.